The standard InChI is InChI=1S/C18H30FN3O3S/c1-26-10-7-16(23)20-12-15-11-14(19)13-22(15)18(25)6-9-21-8-4-2-3-5-17(21)24/h14-15H,2-13H2,1H3,(H,20,23)/t14-,15-/m0/s1. The van der Waals surface area contributed by atoms with Crippen molar-refractivity contribution in [1.82, 2.24) is 15.1 Å². The molecule has 0 aromatic heterocycles. The Balaban J connectivity index is 1.81. The number of carbonyl (C=O) groups is 3. The molecule has 0 saturated carbocycles. The number of likely N-dealkylation sites (tertiary alicyclic amines) is 2. The van der Waals surface area contributed by atoms with Gasteiger partial charge in [-0.3, -0.25) is 14.4 Å². The molecule has 2 fully saturated rings. The van der Waals surface area contributed by atoms with Gasteiger partial charge in [0, 0.05) is 51.1 Å². The maximum Gasteiger partial charge on any atom is 0.224 e. The van der Waals surface area contributed by atoms with E-state index in [1.165, 1.54) is 0 Å². The molecule has 0 aromatic carbocycles. The van der Waals surface area contributed by atoms with Gasteiger partial charge in [-0.15, -0.1) is 0 Å². The van der Waals surface area contributed by atoms with Gasteiger partial charge in [0.25, 0.3) is 0 Å². The molecule has 26 heavy (non-hydrogen) atoms. The summed E-state index contributed by atoms with van der Waals surface area (Å²) in [5, 5.41) is 2.81. The lowest BCUT2D eigenvalue weighted by molar-refractivity contribution is -0.135. The maximum absolute atomic E-state index is 13.8. The smallest absolute Gasteiger partial charge is 0.224 e. The van der Waals surface area contributed by atoms with Gasteiger partial charge in [0.2, 0.25) is 17.7 Å². The van der Waals surface area contributed by atoms with Gasteiger partial charge in [-0.05, 0) is 19.1 Å². The van der Waals surface area contributed by atoms with Crippen LogP contribution in [0.5, 0.6) is 0 Å². The fourth-order valence-electron chi connectivity index (χ4n) is 3.52. The molecule has 0 radical (unpaired) electrons. The average molecular weight is 388 g/mol. The highest BCUT2D eigenvalue weighted by Crippen LogP contribution is 2.21. The average Bonchev–Trinajstić information content (AvgIpc) is 2.87. The molecular formula is C18H30FN3O3S. The lowest BCUT2D eigenvalue weighted by atomic mass is 10.2. The molecule has 2 saturated heterocycles. The van der Waals surface area contributed by atoms with Crippen LogP contribution in [0, 0.1) is 0 Å². The zero-order chi connectivity index (χ0) is 18.9. The van der Waals surface area contributed by atoms with E-state index in [4.69, 9.17) is 0 Å². The van der Waals surface area contributed by atoms with Crippen molar-refractivity contribution < 1.29 is 18.8 Å². The molecule has 2 rings (SSSR count). The predicted molar refractivity (Wildman–Crippen MR) is 101 cm³/mol. The fourth-order valence-corrected chi connectivity index (χ4v) is 3.91. The summed E-state index contributed by atoms with van der Waals surface area (Å²) in [6, 6.07) is -0.296. The lowest BCUT2D eigenvalue weighted by Gasteiger charge is -2.26. The van der Waals surface area contributed by atoms with Crippen LogP contribution in [0.15, 0.2) is 0 Å². The highest BCUT2D eigenvalue weighted by molar-refractivity contribution is 7.98. The monoisotopic (exact) mass is 387 g/mol. The molecule has 2 atom stereocenters. The van der Waals surface area contributed by atoms with Crippen molar-refractivity contribution in [3.8, 4) is 0 Å². The van der Waals surface area contributed by atoms with E-state index in [0.29, 0.717) is 32.5 Å². The molecule has 2 aliphatic heterocycles. The van der Waals surface area contributed by atoms with E-state index in [0.717, 1.165) is 25.0 Å². The summed E-state index contributed by atoms with van der Waals surface area (Å²) in [6.07, 6.45) is 5.28. The minimum absolute atomic E-state index is 0.0655. The Bertz CT molecular complexity index is 506. The van der Waals surface area contributed by atoms with Crippen LogP contribution >= 0.6 is 11.8 Å². The number of nitrogens with one attached hydrogen (secondary N) is 1. The summed E-state index contributed by atoms with van der Waals surface area (Å²) in [4.78, 5) is 39.6. The first-order valence-electron chi connectivity index (χ1n) is 9.48. The summed E-state index contributed by atoms with van der Waals surface area (Å²) in [7, 11) is 0. The SMILES string of the molecule is CSCCC(=O)NC[C@@H]1C[C@H](F)CN1C(=O)CCN1CCCCCC1=O. The van der Waals surface area contributed by atoms with Gasteiger partial charge >= 0.3 is 0 Å². The largest absolute Gasteiger partial charge is 0.354 e. The number of nitrogens with zero attached hydrogens (tertiary/aromatic N) is 2. The van der Waals surface area contributed by atoms with Gasteiger partial charge in [-0.25, -0.2) is 4.39 Å². The fraction of sp³-hybridized carbons (Fsp3) is 0.833. The summed E-state index contributed by atoms with van der Waals surface area (Å²) in [5.41, 5.74) is 0. The van der Waals surface area contributed by atoms with Gasteiger partial charge in [0.1, 0.15) is 6.17 Å². The first-order valence-corrected chi connectivity index (χ1v) is 10.9. The van der Waals surface area contributed by atoms with Crippen molar-refractivity contribution in [2.75, 3.05) is 38.2 Å². The van der Waals surface area contributed by atoms with Crippen molar-refractivity contribution >= 4 is 29.5 Å². The first kappa shape index (κ1) is 21.0. The van der Waals surface area contributed by atoms with Crippen molar-refractivity contribution in [2.24, 2.45) is 0 Å². The number of amides is 3. The van der Waals surface area contributed by atoms with E-state index in [1.807, 2.05) is 6.26 Å². The number of carbonyl (C=O) groups excluding carboxylic acids is 3. The zero-order valence-electron chi connectivity index (χ0n) is 15.5. The van der Waals surface area contributed by atoms with Gasteiger partial charge in [-0.1, -0.05) is 6.42 Å². The predicted octanol–water partition coefficient (Wildman–Crippen LogP) is 1.59. The zero-order valence-corrected chi connectivity index (χ0v) is 16.4. The van der Waals surface area contributed by atoms with Gasteiger partial charge in [0.15, 0.2) is 0 Å². The van der Waals surface area contributed by atoms with Crippen LogP contribution in [0.25, 0.3) is 0 Å². The molecule has 0 aromatic rings. The van der Waals surface area contributed by atoms with Crippen molar-refractivity contribution in [1.29, 1.82) is 0 Å². The van der Waals surface area contributed by atoms with Crippen LogP contribution in [0.2, 0.25) is 0 Å². The second-order valence-electron chi connectivity index (χ2n) is 7.02. The van der Waals surface area contributed by atoms with Gasteiger partial charge in [0.05, 0.1) is 12.6 Å². The van der Waals surface area contributed by atoms with Crippen LogP contribution in [0.1, 0.15) is 44.9 Å². The molecule has 0 aliphatic carbocycles. The highest BCUT2D eigenvalue weighted by atomic mass is 32.2. The van der Waals surface area contributed by atoms with Gasteiger partial charge in [-0.2, -0.15) is 11.8 Å². The minimum Gasteiger partial charge on any atom is -0.354 e. The molecule has 0 bridgehead atoms. The normalized spacial score (nSPS) is 23.8. The van der Waals surface area contributed by atoms with E-state index in [2.05, 4.69) is 5.32 Å². The number of thioether (sulfide) groups is 1. The summed E-state index contributed by atoms with van der Waals surface area (Å²) >= 11 is 1.60. The molecule has 0 unspecified atom stereocenters. The molecule has 2 aliphatic rings. The third-order valence-corrected chi connectivity index (χ3v) is 5.63. The Labute approximate surface area is 159 Å². The topological polar surface area (TPSA) is 69.7 Å². The summed E-state index contributed by atoms with van der Waals surface area (Å²) < 4.78 is 13.8. The molecule has 1 N–H and O–H groups in total. The minimum atomic E-state index is -1.05. The lowest BCUT2D eigenvalue weighted by Crippen LogP contribution is -2.44. The molecule has 8 heteroatoms. The van der Waals surface area contributed by atoms with E-state index in [9.17, 15) is 18.8 Å². The number of halogens is 1. The molecule has 0 spiro atoms. The molecule has 3 amide bonds. The van der Waals surface area contributed by atoms with E-state index in [1.54, 1.807) is 21.6 Å². The second-order valence-corrected chi connectivity index (χ2v) is 8.01. The number of hydrogen-bond acceptors (Lipinski definition) is 4. The Hall–Kier alpha value is -1.31. The van der Waals surface area contributed by atoms with Crippen molar-refractivity contribution in [3.05, 3.63) is 0 Å². The Morgan fingerprint density at radius 1 is 1.27 bits per heavy atom. The Morgan fingerprint density at radius 3 is 2.85 bits per heavy atom. The quantitative estimate of drug-likeness (QED) is 0.687. The molecule has 2 heterocycles. The van der Waals surface area contributed by atoms with Crippen molar-refractivity contribution in [3.63, 3.8) is 0 Å². The van der Waals surface area contributed by atoms with Crippen LogP contribution in [-0.2, 0) is 14.4 Å². The first-order chi connectivity index (χ1) is 12.5. The molecule has 148 valence electrons. The second kappa shape index (κ2) is 10.7. The maximum atomic E-state index is 13.8. The third-order valence-electron chi connectivity index (χ3n) is 5.02. The highest BCUT2D eigenvalue weighted by Gasteiger charge is 2.35. The van der Waals surface area contributed by atoms with E-state index < -0.39 is 6.17 Å². The summed E-state index contributed by atoms with van der Waals surface area (Å²) in [5.74, 6) is 0.654. The van der Waals surface area contributed by atoms with Crippen LogP contribution in [0.4, 0.5) is 4.39 Å². The molecule has 6 nitrogen and oxygen atoms in total. The Kier molecular flexibility index (Phi) is 8.68. The van der Waals surface area contributed by atoms with E-state index >= 15 is 0 Å². The number of hydrogen-bond donors (Lipinski definition) is 1. The molecular weight excluding hydrogens is 357 g/mol. The third kappa shape index (κ3) is 6.45. The van der Waals surface area contributed by atoms with Crippen molar-refractivity contribution in [2.45, 2.75) is 57.2 Å². The van der Waals surface area contributed by atoms with Crippen LogP contribution in [0.3, 0.4) is 0 Å². The number of rotatable bonds is 8. The van der Waals surface area contributed by atoms with Crippen LogP contribution < -0.4 is 5.32 Å². The van der Waals surface area contributed by atoms with E-state index in [-0.39, 0.29) is 43.1 Å². The van der Waals surface area contributed by atoms with Gasteiger partial charge < -0.3 is 15.1 Å². The number of alkyl halides is 1. The van der Waals surface area contributed by atoms with Crippen LogP contribution in [-0.4, -0.2) is 77.9 Å². The summed E-state index contributed by atoms with van der Waals surface area (Å²) in [6.45, 7) is 1.48. The Morgan fingerprint density at radius 2 is 2.08 bits per heavy atom.